The number of phenols is 1. The van der Waals surface area contributed by atoms with Gasteiger partial charge in [0.1, 0.15) is 11.6 Å². The van der Waals surface area contributed by atoms with E-state index in [9.17, 15) is 17.9 Å². The number of aromatic hydroxyl groups is 1. The molecule has 0 radical (unpaired) electrons. The van der Waals surface area contributed by atoms with E-state index in [1.807, 2.05) is 11.2 Å². The third kappa shape index (κ3) is 4.24. The van der Waals surface area contributed by atoms with Crippen LogP contribution in [0.2, 0.25) is 0 Å². The zero-order valence-electron chi connectivity index (χ0n) is 15.5. The highest BCUT2D eigenvalue weighted by Gasteiger charge is 2.33. The van der Waals surface area contributed by atoms with Crippen LogP contribution in [0.1, 0.15) is 26.2 Å². The summed E-state index contributed by atoms with van der Waals surface area (Å²) in [6, 6.07) is 9.17. The first-order valence-electron chi connectivity index (χ1n) is 9.02. The number of phenolic OH excluding ortho intramolecular Hbond substituents is 1. The first-order chi connectivity index (χ1) is 12.9. The predicted molar refractivity (Wildman–Crippen MR) is 108 cm³/mol. The maximum Gasteiger partial charge on any atom is 0.180 e. The van der Waals surface area contributed by atoms with Crippen LogP contribution in [-0.4, -0.2) is 32.1 Å². The lowest BCUT2D eigenvalue weighted by atomic mass is 10.0. The summed E-state index contributed by atoms with van der Waals surface area (Å²) in [7, 11) is -3.54. The lowest BCUT2D eigenvalue weighted by Gasteiger charge is -2.28. The van der Waals surface area contributed by atoms with Crippen molar-refractivity contribution in [3.8, 4) is 5.75 Å². The van der Waals surface area contributed by atoms with E-state index in [2.05, 4.69) is 6.92 Å². The van der Waals surface area contributed by atoms with Gasteiger partial charge >= 0.3 is 0 Å². The molecule has 1 heterocycles. The van der Waals surface area contributed by atoms with Gasteiger partial charge in [-0.15, -0.1) is 11.8 Å². The Kier molecular flexibility index (Phi) is 6.01. The lowest BCUT2D eigenvalue weighted by Crippen LogP contribution is -2.26. The Morgan fingerprint density at radius 1 is 1.26 bits per heavy atom. The van der Waals surface area contributed by atoms with Crippen LogP contribution in [-0.2, 0) is 9.84 Å². The highest BCUT2D eigenvalue weighted by atomic mass is 32.2. The third-order valence-corrected chi connectivity index (χ3v) is 7.56. The van der Waals surface area contributed by atoms with Gasteiger partial charge in [0.25, 0.3) is 0 Å². The van der Waals surface area contributed by atoms with Crippen molar-refractivity contribution in [3.05, 3.63) is 42.2 Å². The molecule has 0 spiro atoms. The molecule has 0 saturated carbocycles. The normalized spacial score (nSPS) is 18.8. The minimum atomic E-state index is -3.54. The number of thioether (sulfide) groups is 1. The molecule has 1 aliphatic rings. The minimum Gasteiger partial charge on any atom is -0.507 e. The summed E-state index contributed by atoms with van der Waals surface area (Å²) in [5.41, 5.74) is 1.29. The Morgan fingerprint density at radius 3 is 2.59 bits per heavy atom. The molecule has 3 rings (SSSR count). The number of hydrogen-bond donors (Lipinski definition) is 1. The van der Waals surface area contributed by atoms with Crippen LogP contribution in [0.3, 0.4) is 0 Å². The molecule has 7 heteroatoms. The molecule has 2 aromatic rings. The summed E-state index contributed by atoms with van der Waals surface area (Å²) in [5.74, 6) is -0.349. The van der Waals surface area contributed by atoms with Gasteiger partial charge in [-0.3, -0.25) is 0 Å². The van der Waals surface area contributed by atoms with Gasteiger partial charge in [0.2, 0.25) is 0 Å². The molecule has 1 N–H and O–H groups in total. The standard InChI is InChI=1S/C20H24FNO3S2/c1-3-4-5-14-12-22(16-8-6-15(21)7-9-16)17-10-19(26-2)18(23)11-20(17)27(24,25)13-14/h6-11,14,23H,3-5,12-13H2,1-2H3. The fourth-order valence-electron chi connectivity index (χ4n) is 3.50. The van der Waals surface area contributed by atoms with E-state index in [-0.39, 0.29) is 28.1 Å². The fraction of sp³-hybridized carbons (Fsp3) is 0.400. The molecule has 0 aliphatic carbocycles. The summed E-state index contributed by atoms with van der Waals surface area (Å²) in [6.45, 7) is 2.62. The molecule has 0 saturated heterocycles. The highest BCUT2D eigenvalue weighted by Crippen LogP contribution is 2.42. The van der Waals surface area contributed by atoms with Gasteiger partial charge < -0.3 is 10.0 Å². The van der Waals surface area contributed by atoms with E-state index in [0.29, 0.717) is 17.1 Å². The fourth-order valence-corrected chi connectivity index (χ4v) is 5.85. The molecule has 1 atom stereocenters. The number of halogens is 1. The molecule has 0 amide bonds. The van der Waals surface area contributed by atoms with E-state index in [0.717, 1.165) is 24.9 Å². The van der Waals surface area contributed by atoms with Crippen molar-refractivity contribution in [2.24, 2.45) is 5.92 Å². The molecule has 0 fully saturated rings. The molecule has 146 valence electrons. The Bertz CT molecular complexity index is 914. The average molecular weight is 410 g/mol. The SMILES string of the molecule is CCCCC1CN(c2ccc(F)cc2)c2cc(SC)c(O)cc2S(=O)(=O)C1. The second-order valence-corrected chi connectivity index (χ2v) is 9.72. The number of hydrogen-bond acceptors (Lipinski definition) is 5. The molecule has 4 nitrogen and oxygen atoms in total. The minimum absolute atomic E-state index is 0.0316. The van der Waals surface area contributed by atoms with Crippen molar-refractivity contribution in [1.82, 2.24) is 0 Å². The Balaban J connectivity index is 2.17. The third-order valence-electron chi connectivity index (χ3n) is 4.89. The number of rotatable bonds is 5. The van der Waals surface area contributed by atoms with Crippen LogP contribution in [0, 0.1) is 11.7 Å². The van der Waals surface area contributed by atoms with Crippen molar-refractivity contribution >= 4 is 33.0 Å². The van der Waals surface area contributed by atoms with E-state index >= 15 is 0 Å². The van der Waals surface area contributed by atoms with Crippen molar-refractivity contribution in [2.75, 3.05) is 23.5 Å². The van der Waals surface area contributed by atoms with Crippen LogP contribution in [0.25, 0.3) is 0 Å². The summed E-state index contributed by atoms with van der Waals surface area (Å²) < 4.78 is 39.5. The molecule has 2 aromatic carbocycles. The van der Waals surface area contributed by atoms with E-state index in [1.54, 1.807) is 18.2 Å². The number of fused-ring (bicyclic) bond motifs is 1. The van der Waals surface area contributed by atoms with E-state index in [1.165, 1.54) is 30.0 Å². The first-order valence-corrected chi connectivity index (χ1v) is 11.9. The van der Waals surface area contributed by atoms with Crippen LogP contribution in [0.4, 0.5) is 15.8 Å². The van der Waals surface area contributed by atoms with E-state index < -0.39 is 9.84 Å². The quantitative estimate of drug-likeness (QED) is 0.706. The van der Waals surface area contributed by atoms with Crippen molar-refractivity contribution in [2.45, 2.75) is 36.0 Å². The van der Waals surface area contributed by atoms with Crippen molar-refractivity contribution < 1.29 is 17.9 Å². The van der Waals surface area contributed by atoms with E-state index in [4.69, 9.17) is 0 Å². The van der Waals surface area contributed by atoms with Gasteiger partial charge in [0.15, 0.2) is 9.84 Å². The van der Waals surface area contributed by atoms with Gasteiger partial charge in [-0.2, -0.15) is 0 Å². The zero-order chi connectivity index (χ0) is 19.6. The lowest BCUT2D eigenvalue weighted by molar-refractivity contribution is 0.460. The van der Waals surface area contributed by atoms with Crippen LogP contribution in [0.5, 0.6) is 5.75 Å². The molecule has 1 aliphatic heterocycles. The summed E-state index contributed by atoms with van der Waals surface area (Å²) in [5, 5.41) is 10.2. The smallest absolute Gasteiger partial charge is 0.180 e. The Morgan fingerprint density at radius 2 is 1.96 bits per heavy atom. The summed E-state index contributed by atoms with van der Waals surface area (Å²) >= 11 is 1.36. The van der Waals surface area contributed by atoms with Crippen LogP contribution >= 0.6 is 11.8 Å². The molecule has 0 aromatic heterocycles. The van der Waals surface area contributed by atoms with Crippen molar-refractivity contribution in [1.29, 1.82) is 0 Å². The molecular weight excluding hydrogens is 385 g/mol. The monoisotopic (exact) mass is 409 g/mol. The molecule has 0 bridgehead atoms. The summed E-state index contributed by atoms with van der Waals surface area (Å²) in [6.07, 6.45) is 4.59. The van der Waals surface area contributed by atoms with Crippen molar-refractivity contribution in [3.63, 3.8) is 0 Å². The van der Waals surface area contributed by atoms with Crippen LogP contribution < -0.4 is 4.90 Å². The van der Waals surface area contributed by atoms with Gasteiger partial charge in [-0.1, -0.05) is 19.8 Å². The topological polar surface area (TPSA) is 57.6 Å². The Labute approximate surface area is 164 Å². The number of unbranched alkanes of at least 4 members (excludes halogenated alkanes) is 1. The Hall–Kier alpha value is -1.73. The number of nitrogens with zero attached hydrogens (tertiary/aromatic N) is 1. The van der Waals surface area contributed by atoms with Crippen LogP contribution in [0.15, 0.2) is 46.2 Å². The molecule has 1 unspecified atom stereocenters. The molecular formula is C20H24FNO3S2. The highest BCUT2D eigenvalue weighted by molar-refractivity contribution is 7.98. The molecule has 27 heavy (non-hydrogen) atoms. The van der Waals surface area contributed by atoms with Gasteiger partial charge in [0.05, 0.1) is 21.2 Å². The second-order valence-electron chi connectivity index (χ2n) is 6.87. The van der Waals surface area contributed by atoms with Gasteiger partial charge in [0, 0.05) is 18.3 Å². The largest absolute Gasteiger partial charge is 0.507 e. The predicted octanol–water partition coefficient (Wildman–Crippen LogP) is 4.99. The maximum absolute atomic E-state index is 13.4. The average Bonchev–Trinajstić information content (AvgIpc) is 2.74. The first kappa shape index (κ1) is 20.0. The maximum atomic E-state index is 13.4. The number of sulfone groups is 1. The number of benzene rings is 2. The number of anilines is 2. The zero-order valence-corrected chi connectivity index (χ0v) is 17.1. The second kappa shape index (κ2) is 8.10. The van der Waals surface area contributed by atoms with Gasteiger partial charge in [-0.05, 0) is 48.9 Å². The summed E-state index contributed by atoms with van der Waals surface area (Å²) in [4.78, 5) is 2.70. The van der Waals surface area contributed by atoms with Gasteiger partial charge in [-0.25, -0.2) is 12.8 Å².